The number of nitrogens with one attached hydrogen (secondary N) is 1. The van der Waals surface area contributed by atoms with Crippen molar-refractivity contribution in [1.82, 2.24) is 14.8 Å². The molecule has 0 spiro atoms. The predicted octanol–water partition coefficient (Wildman–Crippen LogP) is 5.21. The Hall–Kier alpha value is -3.08. The van der Waals surface area contributed by atoms with Gasteiger partial charge in [-0.15, -0.1) is 0 Å². The number of aromatic nitrogens is 3. The van der Waals surface area contributed by atoms with E-state index in [-0.39, 0.29) is 22.5 Å². The van der Waals surface area contributed by atoms with Crippen molar-refractivity contribution in [1.29, 1.82) is 0 Å². The number of hydrogen-bond acceptors (Lipinski definition) is 3. The molecule has 0 unspecified atom stereocenters. The highest BCUT2D eigenvalue weighted by Crippen LogP contribution is 2.36. The normalized spacial score (nSPS) is 12.1. The topological polar surface area (TPSA) is 59.8 Å². The Bertz CT molecular complexity index is 1010. The summed E-state index contributed by atoms with van der Waals surface area (Å²) in [6.07, 6.45) is -7.66. The summed E-state index contributed by atoms with van der Waals surface area (Å²) >= 11 is 5.88. The molecule has 1 N–H and O–H groups in total. The highest BCUT2D eigenvalue weighted by Gasteiger charge is 2.37. The summed E-state index contributed by atoms with van der Waals surface area (Å²) in [5.74, 6) is -1.19. The van der Waals surface area contributed by atoms with Gasteiger partial charge in [0.15, 0.2) is 0 Å². The average Bonchev–Trinajstić information content (AvgIpc) is 3.14. The Kier molecular flexibility index (Phi) is 5.26. The average molecular weight is 435 g/mol. The Morgan fingerprint density at radius 1 is 0.966 bits per heavy atom. The summed E-state index contributed by atoms with van der Waals surface area (Å²) in [6, 6.07) is 4.79. The molecule has 0 aliphatic heterocycles. The van der Waals surface area contributed by atoms with E-state index in [0.29, 0.717) is 12.1 Å². The quantitative estimate of drug-likeness (QED) is 0.576. The minimum Gasteiger partial charge on any atom is -0.320 e. The van der Waals surface area contributed by atoms with Gasteiger partial charge in [-0.3, -0.25) is 4.79 Å². The Labute approximate surface area is 163 Å². The van der Waals surface area contributed by atoms with E-state index < -0.39 is 35.0 Å². The molecule has 0 bridgehead atoms. The zero-order chi connectivity index (χ0) is 21.4. The number of carbonyl (C=O) groups excluding carboxylic acids is 1. The van der Waals surface area contributed by atoms with E-state index in [4.69, 9.17) is 11.6 Å². The van der Waals surface area contributed by atoms with Crippen molar-refractivity contribution < 1.29 is 31.1 Å². The highest BCUT2D eigenvalue weighted by atomic mass is 35.5. The minimum atomic E-state index is -5.07. The zero-order valence-corrected chi connectivity index (χ0v) is 14.8. The Balaban J connectivity index is 2.03. The second kappa shape index (κ2) is 7.39. The predicted molar refractivity (Wildman–Crippen MR) is 90.8 cm³/mol. The van der Waals surface area contributed by atoms with E-state index in [1.807, 2.05) is 0 Å². The van der Waals surface area contributed by atoms with Gasteiger partial charge < -0.3 is 5.32 Å². The molecule has 152 valence electrons. The van der Waals surface area contributed by atoms with Gasteiger partial charge in [0.25, 0.3) is 5.91 Å². The summed E-state index contributed by atoms with van der Waals surface area (Å²) in [7, 11) is 0. The number of halogens is 7. The van der Waals surface area contributed by atoms with Crippen molar-refractivity contribution in [2.24, 2.45) is 0 Å². The number of alkyl halides is 6. The molecular weight excluding hydrogens is 426 g/mol. The van der Waals surface area contributed by atoms with Gasteiger partial charge in [0.05, 0.1) is 22.5 Å². The van der Waals surface area contributed by atoms with Crippen LogP contribution in [0.4, 0.5) is 32.0 Å². The van der Waals surface area contributed by atoms with Crippen molar-refractivity contribution in [3.8, 4) is 5.69 Å². The van der Waals surface area contributed by atoms with Crippen molar-refractivity contribution in [2.75, 3.05) is 5.32 Å². The number of carbonyl (C=O) groups is 1. The fourth-order valence-electron chi connectivity index (χ4n) is 2.42. The van der Waals surface area contributed by atoms with Gasteiger partial charge in [-0.2, -0.15) is 31.4 Å². The molecule has 3 rings (SSSR count). The lowest BCUT2D eigenvalue weighted by Crippen LogP contribution is -2.18. The molecule has 0 saturated heterocycles. The first-order valence-electron chi connectivity index (χ1n) is 7.70. The lowest BCUT2D eigenvalue weighted by molar-refractivity contribution is -0.143. The van der Waals surface area contributed by atoms with Gasteiger partial charge in [0.2, 0.25) is 0 Å². The molecule has 1 heterocycles. The van der Waals surface area contributed by atoms with E-state index in [9.17, 15) is 31.1 Å². The standard InChI is InChI=1S/C17H9ClF6N4O/c18-12-1-2-14(28-8-25-7-26-28)13(6-12)27-15(29)9-3-10(16(19,20)21)5-11(4-9)17(22,23)24/h1-8H,(H,27,29). The van der Waals surface area contributed by atoms with E-state index in [0.717, 1.165) is 0 Å². The molecule has 0 aliphatic rings. The van der Waals surface area contributed by atoms with E-state index in [1.165, 1.54) is 35.5 Å². The number of anilines is 1. The molecule has 0 radical (unpaired) electrons. The summed E-state index contributed by atoms with van der Waals surface area (Å²) in [6.45, 7) is 0. The monoisotopic (exact) mass is 434 g/mol. The number of nitrogens with zero attached hydrogens (tertiary/aromatic N) is 3. The number of hydrogen-bond donors (Lipinski definition) is 1. The van der Waals surface area contributed by atoms with Crippen LogP contribution in [-0.2, 0) is 12.4 Å². The molecule has 2 aromatic carbocycles. The minimum absolute atomic E-state index is 0.0129. The third-order valence-corrected chi connectivity index (χ3v) is 3.96. The maximum atomic E-state index is 13.0. The second-order valence-corrected chi connectivity index (χ2v) is 6.19. The van der Waals surface area contributed by atoms with Crippen molar-refractivity contribution in [3.05, 3.63) is 70.8 Å². The molecule has 5 nitrogen and oxygen atoms in total. The summed E-state index contributed by atoms with van der Waals surface area (Å²) in [5.41, 5.74) is -3.75. The van der Waals surface area contributed by atoms with Crippen LogP contribution in [0.3, 0.4) is 0 Å². The molecule has 1 amide bonds. The molecule has 0 atom stereocenters. The van der Waals surface area contributed by atoms with Gasteiger partial charge in [-0.25, -0.2) is 9.67 Å². The highest BCUT2D eigenvalue weighted by molar-refractivity contribution is 6.31. The Morgan fingerprint density at radius 2 is 1.59 bits per heavy atom. The molecule has 0 aliphatic carbocycles. The second-order valence-electron chi connectivity index (χ2n) is 5.75. The molecule has 12 heteroatoms. The van der Waals surface area contributed by atoms with Crippen LogP contribution in [0.5, 0.6) is 0 Å². The fourth-order valence-corrected chi connectivity index (χ4v) is 2.59. The van der Waals surface area contributed by atoms with Gasteiger partial charge in [0, 0.05) is 10.6 Å². The molecule has 1 aromatic heterocycles. The van der Waals surface area contributed by atoms with Gasteiger partial charge >= 0.3 is 12.4 Å². The number of amides is 1. The lowest BCUT2D eigenvalue weighted by atomic mass is 10.0. The van der Waals surface area contributed by atoms with Gasteiger partial charge in [-0.1, -0.05) is 11.6 Å². The summed E-state index contributed by atoms with van der Waals surface area (Å²) in [5, 5.41) is 6.30. The smallest absolute Gasteiger partial charge is 0.320 e. The molecular formula is C17H9ClF6N4O. The van der Waals surface area contributed by atoms with Crippen molar-refractivity contribution >= 4 is 23.2 Å². The maximum Gasteiger partial charge on any atom is 0.416 e. The van der Waals surface area contributed by atoms with Gasteiger partial charge in [-0.05, 0) is 36.4 Å². The third-order valence-electron chi connectivity index (χ3n) is 3.72. The SMILES string of the molecule is O=C(Nc1cc(Cl)ccc1-n1cncn1)c1cc(C(F)(F)F)cc(C(F)(F)F)c1. The largest absolute Gasteiger partial charge is 0.416 e. The third kappa shape index (κ3) is 4.67. The van der Waals surface area contributed by atoms with Gasteiger partial charge in [0.1, 0.15) is 12.7 Å². The molecule has 29 heavy (non-hydrogen) atoms. The maximum absolute atomic E-state index is 13.0. The van der Waals surface area contributed by atoms with Crippen LogP contribution in [0.15, 0.2) is 49.1 Å². The molecule has 0 fully saturated rings. The van der Waals surface area contributed by atoms with Crippen LogP contribution in [-0.4, -0.2) is 20.7 Å². The number of benzene rings is 2. The summed E-state index contributed by atoms with van der Waals surface area (Å²) < 4.78 is 79.2. The van der Waals surface area contributed by atoms with Crippen LogP contribution in [0.2, 0.25) is 5.02 Å². The Morgan fingerprint density at radius 3 is 2.10 bits per heavy atom. The fraction of sp³-hybridized carbons (Fsp3) is 0.118. The van der Waals surface area contributed by atoms with Crippen LogP contribution in [0.25, 0.3) is 5.69 Å². The van der Waals surface area contributed by atoms with Crippen LogP contribution >= 0.6 is 11.6 Å². The first kappa shape index (κ1) is 20.6. The van der Waals surface area contributed by atoms with E-state index in [1.54, 1.807) is 0 Å². The number of rotatable bonds is 3. The van der Waals surface area contributed by atoms with Crippen LogP contribution in [0.1, 0.15) is 21.5 Å². The lowest BCUT2D eigenvalue weighted by Gasteiger charge is -2.15. The van der Waals surface area contributed by atoms with Crippen molar-refractivity contribution in [3.63, 3.8) is 0 Å². The molecule has 3 aromatic rings. The van der Waals surface area contributed by atoms with E-state index >= 15 is 0 Å². The van der Waals surface area contributed by atoms with Crippen LogP contribution in [0, 0.1) is 0 Å². The first-order valence-corrected chi connectivity index (χ1v) is 8.08. The first-order chi connectivity index (χ1) is 13.4. The summed E-state index contributed by atoms with van der Waals surface area (Å²) in [4.78, 5) is 16.2. The van der Waals surface area contributed by atoms with Crippen molar-refractivity contribution in [2.45, 2.75) is 12.4 Å². The zero-order valence-electron chi connectivity index (χ0n) is 14.0. The molecule has 0 saturated carbocycles. The van der Waals surface area contributed by atoms with E-state index in [2.05, 4.69) is 15.4 Å². The van der Waals surface area contributed by atoms with Crippen LogP contribution < -0.4 is 5.32 Å².